The van der Waals surface area contributed by atoms with Crippen LogP contribution in [0.4, 0.5) is 9.18 Å². The molecule has 0 aliphatic carbocycles. The van der Waals surface area contributed by atoms with Gasteiger partial charge in [-0.25, -0.2) is 14.2 Å². The van der Waals surface area contributed by atoms with E-state index in [1.165, 1.54) is 19.2 Å². The second-order valence-electron chi connectivity index (χ2n) is 5.23. The minimum Gasteiger partial charge on any atom is -0.465 e. The number of nitrogens with zero attached hydrogens (tertiary/aromatic N) is 2. The molecule has 2 N–H and O–H groups in total. The van der Waals surface area contributed by atoms with E-state index in [4.69, 9.17) is 9.84 Å². The van der Waals surface area contributed by atoms with Gasteiger partial charge in [0.15, 0.2) is 0 Å². The topological polar surface area (TPSA) is 76.4 Å². The third-order valence-electron chi connectivity index (χ3n) is 3.60. The molecule has 24 heavy (non-hydrogen) atoms. The molecule has 2 aromatic carbocycles. The van der Waals surface area contributed by atoms with Crippen molar-refractivity contribution in [3.8, 4) is 5.69 Å². The summed E-state index contributed by atoms with van der Waals surface area (Å²) in [5.74, 6) is 0.0478. The highest BCUT2D eigenvalue weighted by Crippen LogP contribution is 2.26. The average Bonchev–Trinajstić information content (AvgIpc) is 2.93. The second kappa shape index (κ2) is 6.67. The summed E-state index contributed by atoms with van der Waals surface area (Å²) in [5.41, 5.74) is 1.89. The van der Waals surface area contributed by atoms with Crippen LogP contribution >= 0.6 is 0 Å². The number of hydrogen-bond donors (Lipinski definition) is 2. The summed E-state index contributed by atoms with van der Waals surface area (Å²) in [6, 6.07) is 12.8. The highest BCUT2D eigenvalue weighted by Gasteiger charge is 2.23. The number of methoxy groups -OCH3 is 1. The molecule has 0 spiro atoms. The van der Waals surface area contributed by atoms with Crippen molar-refractivity contribution >= 4 is 17.1 Å². The predicted molar refractivity (Wildman–Crippen MR) is 86.8 cm³/mol. The molecule has 0 aliphatic heterocycles. The van der Waals surface area contributed by atoms with E-state index in [0.29, 0.717) is 16.9 Å². The van der Waals surface area contributed by atoms with Gasteiger partial charge < -0.3 is 15.2 Å². The smallest absolute Gasteiger partial charge is 0.405 e. The molecule has 0 saturated heterocycles. The maximum Gasteiger partial charge on any atom is 0.405 e. The van der Waals surface area contributed by atoms with Crippen LogP contribution in [-0.4, -0.2) is 34.5 Å². The number of imidazole rings is 1. The molecule has 6 nitrogen and oxygen atoms in total. The summed E-state index contributed by atoms with van der Waals surface area (Å²) in [4.78, 5) is 15.6. The first kappa shape index (κ1) is 15.9. The fourth-order valence-corrected chi connectivity index (χ4v) is 2.65. The molecule has 1 heterocycles. The van der Waals surface area contributed by atoms with Crippen LogP contribution in [0.3, 0.4) is 0 Å². The van der Waals surface area contributed by atoms with Gasteiger partial charge in [-0.05, 0) is 24.3 Å². The Morgan fingerprint density at radius 1 is 1.33 bits per heavy atom. The molecule has 1 amide bonds. The van der Waals surface area contributed by atoms with Gasteiger partial charge in [0.1, 0.15) is 17.7 Å². The third-order valence-corrected chi connectivity index (χ3v) is 3.60. The largest absolute Gasteiger partial charge is 0.465 e. The van der Waals surface area contributed by atoms with Gasteiger partial charge in [-0.2, -0.15) is 0 Å². The second-order valence-corrected chi connectivity index (χ2v) is 5.23. The van der Waals surface area contributed by atoms with Crippen molar-refractivity contribution in [2.75, 3.05) is 13.7 Å². The van der Waals surface area contributed by atoms with E-state index in [2.05, 4.69) is 10.3 Å². The van der Waals surface area contributed by atoms with E-state index in [-0.39, 0.29) is 12.4 Å². The van der Waals surface area contributed by atoms with Crippen LogP contribution in [0.15, 0.2) is 48.5 Å². The van der Waals surface area contributed by atoms with Crippen molar-refractivity contribution in [2.24, 2.45) is 0 Å². The molecule has 3 aromatic rings. The van der Waals surface area contributed by atoms with Gasteiger partial charge in [0, 0.05) is 18.9 Å². The number of para-hydroxylation sites is 1. The minimum atomic E-state index is -1.19. The van der Waals surface area contributed by atoms with Gasteiger partial charge in [0.25, 0.3) is 0 Å². The van der Waals surface area contributed by atoms with Crippen LogP contribution in [-0.2, 0) is 4.74 Å². The summed E-state index contributed by atoms with van der Waals surface area (Å²) in [5, 5.41) is 11.5. The number of fused-ring (bicyclic) bond motifs is 1. The van der Waals surface area contributed by atoms with Gasteiger partial charge >= 0.3 is 6.09 Å². The Balaban J connectivity index is 2.24. The molecule has 0 aliphatic rings. The number of nitrogens with one attached hydrogen (secondary N) is 1. The summed E-state index contributed by atoms with van der Waals surface area (Å²) < 4.78 is 20.6. The molecule has 0 radical (unpaired) electrons. The number of ether oxygens (including phenoxy) is 1. The Labute approximate surface area is 137 Å². The van der Waals surface area contributed by atoms with Gasteiger partial charge in [0.2, 0.25) is 0 Å². The lowest BCUT2D eigenvalue weighted by atomic mass is 10.2. The number of carboxylic acid groups (broad SMARTS) is 1. The summed E-state index contributed by atoms with van der Waals surface area (Å²) in [7, 11) is 1.48. The minimum absolute atomic E-state index is 0.102. The molecule has 3 rings (SSSR count). The Kier molecular flexibility index (Phi) is 4.43. The molecule has 0 bridgehead atoms. The molecule has 1 atom stereocenters. The first-order chi connectivity index (χ1) is 11.6. The van der Waals surface area contributed by atoms with Crippen LogP contribution in [0, 0.1) is 5.82 Å². The number of rotatable bonds is 5. The standard InChI is InChI=1S/C17H16FN3O3/c1-24-10-14(20-17(22)23)16-19-13-8-7-11(18)9-15(13)21(16)12-5-3-2-4-6-12/h2-9,14,20H,10H2,1H3,(H,22,23)/t14-/m0/s1. The summed E-state index contributed by atoms with van der Waals surface area (Å²) in [6.45, 7) is 0.102. The number of hydrogen-bond acceptors (Lipinski definition) is 3. The first-order valence-corrected chi connectivity index (χ1v) is 7.32. The number of amides is 1. The van der Waals surface area contributed by atoms with Gasteiger partial charge in [0.05, 0.1) is 17.6 Å². The van der Waals surface area contributed by atoms with Crippen LogP contribution in [0.2, 0.25) is 0 Å². The fourth-order valence-electron chi connectivity index (χ4n) is 2.65. The SMILES string of the molecule is COC[C@H](NC(=O)O)c1nc2ccc(F)cc2n1-c1ccccc1. The third kappa shape index (κ3) is 3.07. The molecular formula is C17H16FN3O3. The highest BCUT2D eigenvalue weighted by atomic mass is 19.1. The molecule has 124 valence electrons. The van der Waals surface area contributed by atoms with Crippen LogP contribution in [0.5, 0.6) is 0 Å². The zero-order valence-electron chi connectivity index (χ0n) is 12.9. The van der Waals surface area contributed by atoms with Crippen molar-refractivity contribution in [1.29, 1.82) is 0 Å². The first-order valence-electron chi connectivity index (χ1n) is 7.32. The quantitative estimate of drug-likeness (QED) is 0.754. The molecular weight excluding hydrogens is 313 g/mol. The molecule has 0 saturated carbocycles. The zero-order chi connectivity index (χ0) is 17.1. The molecule has 7 heteroatoms. The van der Waals surface area contributed by atoms with E-state index < -0.39 is 12.1 Å². The Morgan fingerprint density at radius 2 is 2.08 bits per heavy atom. The lowest BCUT2D eigenvalue weighted by Crippen LogP contribution is -2.31. The maximum atomic E-state index is 13.7. The lowest BCUT2D eigenvalue weighted by Gasteiger charge is -2.18. The monoisotopic (exact) mass is 329 g/mol. The lowest BCUT2D eigenvalue weighted by molar-refractivity contribution is 0.149. The number of aromatic nitrogens is 2. The zero-order valence-corrected chi connectivity index (χ0v) is 12.9. The normalized spacial score (nSPS) is 12.2. The Morgan fingerprint density at radius 3 is 2.75 bits per heavy atom. The molecule has 0 fully saturated rings. The maximum absolute atomic E-state index is 13.7. The van der Waals surface area contributed by atoms with E-state index in [9.17, 15) is 9.18 Å². The molecule has 1 aromatic heterocycles. The fraction of sp³-hybridized carbons (Fsp3) is 0.176. The Hall–Kier alpha value is -2.93. The number of carbonyl (C=O) groups is 1. The van der Waals surface area contributed by atoms with Gasteiger partial charge in [-0.3, -0.25) is 4.57 Å². The van der Waals surface area contributed by atoms with Crippen LogP contribution in [0.1, 0.15) is 11.9 Å². The van der Waals surface area contributed by atoms with Crippen molar-refractivity contribution in [3.63, 3.8) is 0 Å². The summed E-state index contributed by atoms with van der Waals surface area (Å²) in [6.07, 6.45) is -1.19. The van der Waals surface area contributed by atoms with E-state index >= 15 is 0 Å². The van der Waals surface area contributed by atoms with Crippen molar-refractivity contribution in [1.82, 2.24) is 14.9 Å². The van der Waals surface area contributed by atoms with E-state index in [1.54, 1.807) is 10.6 Å². The molecule has 0 unspecified atom stereocenters. The van der Waals surface area contributed by atoms with E-state index in [1.807, 2.05) is 30.3 Å². The van der Waals surface area contributed by atoms with Gasteiger partial charge in [-0.15, -0.1) is 0 Å². The predicted octanol–water partition coefficient (Wildman–Crippen LogP) is 3.12. The number of halogens is 1. The van der Waals surface area contributed by atoms with Crippen LogP contribution in [0.25, 0.3) is 16.7 Å². The van der Waals surface area contributed by atoms with Gasteiger partial charge in [-0.1, -0.05) is 18.2 Å². The van der Waals surface area contributed by atoms with Crippen molar-refractivity contribution < 1.29 is 19.0 Å². The average molecular weight is 329 g/mol. The van der Waals surface area contributed by atoms with Crippen LogP contribution < -0.4 is 5.32 Å². The highest BCUT2D eigenvalue weighted by molar-refractivity contribution is 5.78. The van der Waals surface area contributed by atoms with Crippen molar-refractivity contribution in [3.05, 3.63) is 60.2 Å². The summed E-state index contributed by atoms with van der Waals surface area (Å²) >= 11 is 0. The number of benzene rings is 2. The van der Waals surface area contributed by atoms with Crippen molar-refractivity contribution in [2.45, 2.75) is 6.04 Å². The van der Waals surface area contributed by atoms with E-state index in [0.717, 1.165) is 5.69 Å². The Bertz CT molecular complexity index is 864.